The minimum absolute atomic E-state index is 0.157. The van der Waals surface area contributed by atoms with Crippen molar-refractivity contribution in [2.75, 3.05) is 27.2 Å². The van der Waals surface area contributed by atoms with E-state index >= 15 is 0 Å². The van der Waals surface area contributed by atoms with Crippen LogP contribution in [-0.4, -0.2) is 32.1 Å². The molecule has 22 heavy (non-hydrogen) atoms. The highest BCUT2D eigenvalue weighted by atomic mass is 35.5. The lowest BCUT2D eigenvalue weighted by Gasteiger charge is -2.10. The maximum atomic E-state index is 13.2. The highest BCUT2D eigenvalue weighted by molar-refractivity contribution is 6.31. The van der Waals surface area contributed by atoms with Crippen LogP contribution in [0.15, 0.2) is 42.5 Å². The van der Waals surface area contributed by atoms with Crippen LogP contribution < -0.4 is 5.32 Å². The van der Waals surface area contributed by atoms with Gasteiger partial charge in [0.25, 0.3) is 0 Å². The van der Waals surface area contributed by atoms with Gasteiger partial charge in [-0.05, 0) is 68.5 Å². The van der Waals surface area contributed by atoms with E-state index in [1.54, 1.807) is 12.1 Å². The molecule has 0 aromatic heterocycles. The second-order valence-corrected chi connectivity index (χ2v) is 6.07. The van der Waals surface area contributed by atoms with E-state index in [1.165, 1.54) is 11.6 Å². The van der Waals surface area contributed by atoms with Crippen LogP contribution in [0.4, 0.5) is 4.39 Å². The molecule has 0 amide bonds. The lowest BCUT2D eigenvalue weighted by atomic mass is 10.0. The molecule has 0 radical (unpaired) electrons. The van der Waals surface area contributed by atoms with Crippen molar-refractivity contribution in [3.63, 3.8) is 0 Å². The summed E-state index contributed by atoms with van der Waals surface area (Å²) in [5.41, 5.74) is 3.19. The molecule has 2 aromatic carbocycles. The lowest BCUT2D eigenvalue weighted by Crippen LogP contribution is -2.20. The summed E-state index contributed by atoms with van der Waals surface area (Å²) in [4.78, 5) is 2.18. The standard InChI is InChI=1S/C18H22ClFN2/c1-22(2)10-4-9-21-13-14-5-3-6-15(11-14)16-7-8-18(20)17(19)12-16/h3,5-8,11-12,21H,4,9-10,13H2,1-2H3. The van der Waals surface area contributed by atoms with E-state index in [2.05, 4.69) is 36.4 Å². The van der Waals surface area contributed by atoms with Crippen molar-refractivity contribution in [1.29, 1.82) is 0 Å². The maximum absolute atomic E-state index is 13.2. The van der Waals surface area contributed by atoms with E-state index in [4.69, 9.17) is 11.6 Å². The van der Waals surface area contributed by atoms with Gasteiger partial charge in [-0.3, -0.25) is 0 Å². The molecule has 2 nitrogen and oxygen atoms in total. The molecule has 4 heteroatoms. The largest absolute Gasteiger partial charge is 0.313 e. The van der Waals surface area contributed by atoms with Gasteiger partial charge in [0.2, 0.25) is 0 Å². The highest BCUT2D eigenvalue weighted by Gasteiger charge is 2.04. The zero-order chi connectivity index (χ0) is 15.9. The normalized spacial score (nSPS) is 11.1. The Kier molecular flexibility index (Phi) is 6.37. The third kappa shape index (κ3) is 5.09. The van der Waals surface area contributed by atoms with Gasteiger partial charge in [-0.1, -0.05) is 35.9 Å². The molecule has 0 aliphatic carbocycles. The van der Waals surface area contributed by atoms with Gasteiger partial charge in [0.15, 0.2) is 0 Å². The monoisotopic (exact) mass is 320 g/mol. The predicted molar refractivity (Wildman–Crippen MR) is 91.7 cm³/mol. The van der Waals surface area contributed by atoms with Crippen molar-refractivity contribution in [1.82, 2.24) is 10.2 Å². The van der Waals surface area contributed by atoms with Crippen LogP contribution in [-0.2, 0) is 6.54 Å². The van der Waals surface area contributed by atoms with Crippen LogP contribution in [0.1, 0.15) is 12.0 Å². The van der Waals surface area contributed by atoms with Gasteiger partial charge in [-0.2, -0.15) is 0 Å². The van der Waals surface area contributed by atoms with Gasteiger partial charge < -0.3 is 10.2 Å². The summed E-state index contributed by atoms with van der Waals surface area (Å²) in [6.45, 7) is 2.90. The van der Waals surface area contributed by atoms with E-state index in [0.29, 0.717) is 0 Å². The Labute approximate surface area is 136 Å². The quantitative estimate of drug-likeness (QED) is 0.770. The van der Waals surface area contributed by atoms with Crippen LogP contribution in [0.5, 0.6) is 0 Å². The Morgan fingerprint density at radius 2 is 1.86 bits per heavy atom. The first-order valence-electron chi connectivity index (χ1n) is 7.46. The number of hydrogen-bond acceptors (Lipinski definition) is 2. The van der Waals surface area contributed by atoms with Gasteiger partial charge in [-0.25, -0.2) is 4.39 Å². The number of nitrogens with one attached hydrogen (secondary N) is 1. The molecule has 0 heterocycles. The fourth-order valence-electron chi connectivity index (χ4n) is 2.29. The fourth-order valence-corrected chi connectivity index (χ4v) is 2.47. The van der Waals surface area contributed by atoms with Crippen molar-refractivity contribution < 1.29 is 4.39 Å². The van der Waals surface area contributed by atoms with E-state index in [-0.39, 0.29) is 10.8 Å². The van der Waals surface area contributed by atoms with E-state index in [9.17, 15) is 4.39 Å². The minimum atomic E-state index is -0.385. The van der Waals surface area contributed by atoms with E-state index in [1.807, 2.05) is 12.1 Å². The smallest absolute Gasteiger partial charge is 0.141 e. The summed E-state index contributed by atoms with van der Waals surface area (Å²) in [5.74, 6) is -0.385. The number of rotatable bonds is 7. The molecule has 0 bridgehead atoms. The predicted octanol–water partition coefficient (Wildman–Crippen LogP) is 4.19. The van der Waals surface area contributed by atoms with Crippen LogP contribution in [0.3, 0.4) is 0 Å². The van der Waals surface area contributed by atoms with Crippen LogP contribution >= 0.6 is 11.6 Å². The van der Waals surface area contributed by atoms with Crippen LogP contribution in [0.25, 0.3) is 11.1 Å². The van der Waals surface area contributed by atoms with Crippen molar-refractivity contribution >= 4 is 11.6 Å². The van der Waals surface area contributed by atoms with Crippen molar-refractivity contribution in [2.45, 2.75) is 13.0 Å². The first-order chi connectivity index (χ1) is 10.6. The van der Waals surface area contributed by atoms with Gasteiger partial charge in [0.05, 0.1) is 5.02 Å². The second-order valence-electron chi connectivity index (χ2n) is 5.66. The second kappa shape index (κ2) is 8.28. The zero-order valence-electron chi connectivity index (χ0n) is 13.1. The zero-order valence-corrected chi connectivity index (χ0v) is 13.8. The molecule has 0 aliphatic heterocycles. The van der Waals surface area contributed by atoms with Gasteiger partial charge in [-0.15, -0.1) is 0 Å². The van der Waals surface area contributed by atoms with Gasteiger partial charge >= 0.3 is 0 Å². The molecule has 0 saturated heterocycles. The number of halogens is 2. The molecule has 0 atom stereocenters. The Hall–Kier alpha value is -1.42. The Morgan fingerprint density at radius 1 is 1.09 bits per heavy atom. The first-order valence-corrected chi connectivity index (χ1v) is 7.84. The van der Waals surface area contributed by atoms with Gasteiger partial charge in [0, 0.05) is 6.54 Å². The van der Waals surface area contributed by atoms with E-state index in [0.717, 1.165) is 37.2 Å². The number of hydrogen-bond donors (Lipinski definition) is 1. The highest BCUT2D eigenvalue weighted by Crippen LogP contribution is 2.25. The summed E-state index contributed by atoms with van der Waals surface area (Å²) >= 11 is 5.86. The summed E-state index contributed by atoms with van der Waals surface area (Å²) < 4.78 is 13.2. The molecule has 2 aromatic rings. The number of benzene rings is 2. The first kappa shape index (κ1) is 16.9. The molecule has 2 rings (SSSR count). The topological polar surface area (TPSA) is 15.3 Å². The van der Waals surface area contributed by atoms with Crippen LogP contribution in [0.2, 0.25) is 5.02 Å². The van der Waals surface area contributed by atoms with Gasteiger partial charge in [0.1, 0.15) is 5.82 Å². The SMILES string of the molecule is CN(C)CCCNCc1cccc(-c2ccc(F)c(Cl)c2)c1. The van der Waals surface area contributed by atoms with Crippen molar-refractivity contribution in [2.24, 2.45) is 0 Å². The van der Waals surface area contributed by atoms with Crippen LogP contribution in [0, 0.1) is 5.82 Å². The summed E-state index contributed by atoms with van der Waals surface area (Å²) in [6.07, 6.45) is 1.13. The average molecular weight is 321 g/mol. The molecular weight excluding hydrogens is 299 g/mol. The number of nitrogens with zero attached hydrogens (tertiary/aromatic N) is 1. The molecule has 0 saturated carbocycles. The molecular formula is C18H22ClFN2. The molecule has 0 fully saturated rings. The minimum Gasteiger partial charge on any atom is -0.313 e. The maximum Gasteiger partial charge on any atom is 0.141 e. The Morgan fingerprint density at radius 3 is 2.59 bits per heavy atom. The fraction of sp³-hybridized carbons (Fsp3) is 0.333. The third-order valence-corrected chi connectivity index (χ3v) is 3.76. The summed E-state index contributed by atoms with van der Waals surface area (Å²) in [6, 6.07) is 13.1. The summed E-state index contributed by atoms with van der Waals surface area (Å²) in [5, 5.41) is 3.60. The Balaban J connectivity index is 1.96. The Bertz CT molecular complexity index is 614. The molecule has 118 valence electrons. The van der Waals surface area contributed by atoms with E-state index < -0.39 is 0 Å². The lowest BCUT2D eigenvalue weighted by molar-refractivity contribution is 0.394. The third-order valence-electron chi connectivity index (χ3n) is 3.47. The average Bonchev–Trinajstić information content (AvgIpc) is 2.50. The van der Waals surface area contributed by atoms with Crippen molar-refractivity contribution in [3.05, 3.63) is 58.9 Å². The molecule has 0 aliphatic rings. The molecule has 0 spiro atoms. The molecule has 0 unspecified atom stereocenters. The summed E-state index contributed by atoms with van der Waals surface area (Å²) in [7, 11) is 4.16. The van der Waals surface area contributed by atoms with Crippen molar-refractivity contribution in [3.8, 4) is 11.1 Å². The molecule has 1 N–H and O–H groups in total.